The molecule has 1 fully saturated rings. The second-order valence-electron chi connectivity index (χ2n) is 5.73. The molecule has 2 aromatic rings. The highest BCUT2D eigenvalue weighted by atomic mass is 16.7. The van der Waals surface area contributed by atoms with Crippen molar-refractivity contribution >= 4 is 5.78 Å². The number of hydrogen-bond donors (Lipinski definition) is 2. The van der Waals surface area contributed by atoms with Gasteiger partial charge in [-0.1, -0.05) is 48.5 Å². The fourth-order valence-corrected chi connectivity index (χ4v) is 3.24. The maximum absolute atomic E-state index is 12.1. The first-order chi connectivity index (χ1) is 11.2. The molecule has 2 aromatic carbocycles. The maximum Gasteiger partial charge on any atom is 0.222 e. The van der Waals surface area contributed by atoms with Crippen LogP contribution in [0, 0.1) is 0 Å². The SMILES string of the molecule is O=C1C(OC2c3ccccc3-c3ccccc32)O[C@H](CO)[C@@H]1O. The average molecular weight is 312 g/mol. The van der Waals surface area contributed by atoms with Crippen molar-refractivity contribution in [2.45, 2.75) is 24.6 Å². The van der Waals surface area contributed by atoms with Crippen LogP contribution in [-0.2, 0) is 14.3 Å². The molecule has 3 atom stereocenters. The van der Waals surface area contributed by atoms with Crippen LogP contribution < -0.4 is 0 Å². The summed E-state index contributed by atoms with van der Waals surface area (Å²) in [4.78, 5) is 12.1. The minimum absolute atomic E-state index is 0.426. The van der Waals surface area contributed by atoms with E-state index in [1.165, 1.54) is 0 Å². The van der Waals surface area contributed by atoms with Crippen molar-refractivity contribution in [2.24, 2.45) is 0 Å². The summed E-state index contributed by atoms with van der Waals surface area (Å²) in [6.07, 6.45) is -3.89. The Labute approximate surface area is 133 Å². The Hall–Kier alpha value is -2.05. The number of aliphatic hydroxyl groups excluding tert-OH is 2. The molecule has 1 saturated heterocycles. The van der Waals surface area contributed by atoms with Crippen molar-refractivity contribution in [3.05, 3.63) is 59.7 Å². The van der Waals surface area contributed by atoms with Crippen molar-refractivity contribution in [2.75, 3.05) is 6.61 Å². The van der Waals surface area contributed by atoms with Gasteiger partial charge < -0.3 is 19.7 Å². The molecular weight excluding hydrogens is 296 g/mol. The normalized spacial score (nSPS) is 26.3. The minimum Gasteiger partial charge on any atom is -0.394 e. The summed E-state index contributed by atoms with van der Waals surface area (Å²) in [5.74, 6) is -0.550. The molecule has 1 unspecified atom stereocenters. The molecule has 0 aromatic heterocycles. The van der Waals surface area contributed by atoms with Crippen LogP contribution in [0.15, 0.2) is 48.5 Å². The van der Waals surface area contributed by atoms with Gasteiger partial charge in [-0.05, 0) is 22.3 Å². The third kappa shape index (κ3) is 2.21. The molecule has 0 spiro atoms. The number of rotatable bonds is 3. The van der Waals surface area contributed by atoms with Gasteiger partial charge in [-0.15, -0.1) is 0 Å². The number of fused-ring (bicyclic) bond motifs is 3. The molecule has 0 radical (unpaired) electrons. The molecule has 0 bridgehead atoms. The quantitative estimate of drug-likeness (QED) is 0.896. The van der Waals surface area contributed by atoms with Crippen LogP contribution in [0.4, 0.5) is 0 Å². The van der Waals surface area contributed by atoms with E-state index in [0.29, 0.717) is 0 Å². The van der Waals surface area contributed by atoms with Gasteiger partial charge in [-0.2, -0.15) is 0 Å². The Bertz CT molecular complexity index is 711. The van der Waals surface area contributed by atoms with Crippen LogP contribution in [0.5, 0.6) is 0 Å². The number of aliphatic hydroxyl groups is 2. The van der Waals surface area contributed by atoms with Crippen molar-refractivity contribution in [3.8, 4) is 11.1 Å². The molecule has 2 N–H and O–H groups in total. The van der Waals surface area contributed by atoms with E-state index in [-0.39, 0.29) is 0 Å². The van der Waals surface area contributed by atoms with E-state index in [1.54, 1.807) is 0 Å². The number of ether oxygens (including phenoxy) is 2. The lowest BCUT2D eigenvalue weighted by atomic mass is 10.1. The topological polar surface area (TPSA) is 76.0 Å². The van der Waals surface area contributed by atoms with E-state index in [2.05, 4.69) is 0 Å². The molecule has 0 saturated carbocycles. The summed E-state index contributed by atoms with van der Waals surface area (Å²) in [7, 11) is 0. The molecule has 1 aliphatic carbocycles. The summed E-state index contributed by atoms with van der Waals surface area (Å²) in [5.41, 5.74) is 4.06. The van der Waals surface area contributed by atoms with Crippen molar-refractivity contribution in [3.63, 3.8) is 0 Å². The summed E-state index contributed by atoms with van der Waals surface area (Å²) in [6.45, 7) is -0.426. The first kappa shape index (κ1) is 14.5. The molecule has 1 heterocycles. The van der Waals surface area contributed by atoms with Gasteiger partial charge in [-0.3, -0.25) is 4.79 Å². The highest BCUT2D eigenvalue weighted by Gasteiger charge is 2.45. The number of Topliss-reactive ketones (excluding diaryl/α,β-unsaturated/α-hetero) is 1. The number of hydrogen-bond acceptors (Lipinski definition) is 5. The van der Waals surface area contributed by atoms with E-state index < -0.39 is 37.0 Å². The standard InChI is InChI=1S/C18H16O5/c19-9-14-15(20)16(21)18(22-14)23-17-12-7-3-1-5-10(12)11-6-2-4-8-13(11)17/h1-8,14-15,17-20H,9H2/t14-,15+,18?/m1/s1. The van der Waals surface area contributed by atoms with Crippen molar-refractivity contribution < 1.29 is 24.5 Å². The first-order valence-electron chi connectivity index (χ1n) is 7.52. The van der Waals surface area contributed by atoms with Gasteiger partial charge in [0.05, 0.1) is 6.61 Å². The number of ketones is 1. The third-order valence-corrected chi connectivity index (χ3v) is 4.39. The highest BCUT2D eigenvalue weighted by molar-refractivity contribution is 5.88. The van der Waals surface area contributed by atoms with Crippen LogP contribution >= 0.6 is 0 Å². The molecule has 2 aliphatic rings. The highest BCUT2D eigenvalue weighted by Crippen LogP contribution is 2.46. The van der Waals surface area contributed by atoms with Crippen LogP contribution in [0.3, 0.4) is 0 Å². The summed E-state index contributed by atoms with van der Waals surface area (Å²) in [5, 5.41) is 18.9. The molecule has 5 nitrogen and oxygen atoms in total. The fourth-order valence-electron chi connectivity index (χ4n) is 3.24. The lowest BCUT2D eigenvalue weighted by molar-refractivity contribution is -0.171. The minimum atomic E-state index is -1.35. The fraction of sp³-hybridized carbons (Fsp3) is 0.278. The van der Waals surface area contributed by atoms with Crippen molar-refractivity contribution in [1.29, 1.82) is 0 Å². The Kier molecular flexibility index (Phi) is 3.50. The van der Waals surface area contributed by atoms with Crippen LogP contribution in [0.25, 0.3) is 11.1 Å². The van der Waals surface area contributed by atoms with Gasteiger partial charge >= 0.3 is 0 Å². The Balaban J connectivity index is 1.69. The zero-order chi connectivity index (χ0) is 16.0. The zero-order valence-electron chi connectivity index (χ0n) is 12.3. The van der Waals surface area contributed by atoms with E-state index >= 15 is 0 Å². The second kappa shape index (κ2) is 5.54. The van der Waals surface area contributed by atoms with E-state index in [4.69, 9.17) is 14.6 Å². The molecular formula is C18H16O5. The number of carbonyl (C=O) groups is 1. The predicted molar refractivity (Wildman–Crippen MR) is 81.6 cm³/mol. The molecule has 0 amide bonds. The van der Waals surface area contributed by atoms with Gasteiger partial charge in [0.1, 0.15) is 18.3 Å². The van der Waals surface area contributed by atoms with E-state index in [0.717, 1.165) is 22.3 Å². The van der Waals surface area contributed by atoms with Crippen molar-refractivity contribution in [1.82, 2.24) is 0 Å². The number of carbonyl (C=O) groups excluding carboxylic acids is 1. The number of benzene rings is 2. The lowest BCUT2D eigenvalue weighted by Gasteiger charge is -2.19. The van der Waals surface area contributed by atoms with Gasteiger partial charge in [0.2, 0.25) is 12.1 Å². The Morgan fingerprint density at radius 2 is 1.57 bits per heavy atom. The maximum atomic E-state index is 12.1. The van der Waals surface area contributed by atoms with Gasteiger partial charge in [0.25, 0.3) is 0 Å². The van der Waals surface area contributed by atoms with Crippen LogP contribution in [0.1, 0.15) is 17.2 Å². The Morgan fingerprint density at radius 3 is 2.09 bits per heavy atom. The lowest BCUT2D eigenvalue weighted by Crippen LogP contribution is -2.30. The van der Waals surface area contributed by atoms with Gasteiger partial charge in [-0.25, -0.2) is 0 Å². The molecule has 1 aliphatic heterocycles. The van der Waals surface area contributed by atoms with E-state index in [9.17, 15) is 9.90 Å². The van der Waals surface area contributed by atoms with Crippen LogP contribution in [-0.4, -0.2) is 41.1 Å². The summed E-state index contributed by atoms with van der Waals surface area (Å²) < 4.78 is 11.3. The summed E-state index contributed by atoms with van der Waals surface area (Å²) in [6, 6.07) is 15.7. The zero-order valence-corrected chi connectivity index (χ0v) is 12.3. The molecule has 5 heteroatoms. The molecule has 118 valence electrons. The predicted octanol–water partition coefficient (Wildman–Crippen LogP) is 1.42. The van der Waals surface area contributed by atoms with Crippen LogP contribution in [0.2, 0.25) is 0 Å². The Morgan fingerprint density at radius 1 is 1.00 bits per heavy atom. The molecule has 23 heavy (non-hydrogen) atoms. The summed E-state index contributed by atoms with van der Waals surface area (Å²) >= 11 is 0. The second-order valence-corrected chi connectivity index (χ2v) is 5.73. The van der Waals surface area contributed by atoms with Gasteiger partial charge in [0.15, 0.2) is 0 Å². The van der Waals surface area contributed by atoms with E-state index in [1.807, 2.05) is 48.5 Å². The average Bonchev–Trinajstić information content (AvgIpc) is 3.05. The largest absolute Gasteiger partial charge is 0.394 e. The third-order valence-electron chi connectivity index (χ3n) is 4.39. The smallest absolute Gasteiger partial charge is 0.222 e. The van der Waals surface area contributed by atoms with Gasteiger partial charge in [0, 0.05) is 0 Å². The first-order valence-corrected chi connectivity index (χ1v) is 7.52. The monoisotopic (exact) mass is 312 g/mol. The molecule has 4 rings (SSSR count).